The predicted octanol–water partition coefficient (Wildman–Crippen LogP) is 15.5. The van der Waals surface area contributed by atoms with Gasteiger partial charge in [0, 0.05) is 23.1 Å². The van der Waals surface area contributed by atoms with Gasteiger partial charge < -0.3 is 10.6 Å². The molecule has 4 heteroatoms. The summed E-state index contributed by atoms with van der Waals surface area (Å²) in [6.45, 7) is 8.62. The summed E-state index contributed by atoms with van der Waals surface area (Å²) < 4.78 is 0. The average Bonchev–Trinajstić information content (AvgIpc) is 3.33. The minimum atomic E-state index is 0.386. The number of hydrogen-bond acceptors (Lipinski definition) is 4. The van der Waals surface area contributed by atoms with Gasteiger partial charge in [-0.1, -0.05) is 165 Å². The van der Waals surface area contributed by atoms with Crippen LogP contribution in [0.4, 0.5) is 28.4 Å². The maximum absolute atomic E-state index is 4.76. The summed E-state index contributed by atoms with van der Waals surface area (Å²) in [5.41, 5.74) is 16.4. The summed E-state index contributed by atoms with van der Waals surface area (Å²) in [5.74, 6) is 0.520. The highest BCUT2D eigenvalue weighted by Crippen LogP contribution is 2.23. The minimum absolute atomic E-state index is 0.386. The van der Waals surface area contributed by atoms with E-state index in [4.69, 9.17) is 9.98 Å². The number of benzene rings is 8. The molecule has 0 amide bonds. The van der Waals surface area contributed by atoms with Gasteiger partial charge in [-0.05, 0) is 152 Å². The first-order valence-corrected chi connectivity index (χ1v) is 22.5. The Balaban J connectivity index is 0.000000191. The van der Waals surface area contributed by atoms with E-state index in [0.29, 0.717) is 12.0 Å². The maximum atomic E-state index is 4.76. The molecule has 0 spiro atoms. The third kappa shape index (κ3) is 14.4. The molecule has 4 nitrogen and oxygen atoms in total. The molecule has 0 fully saturated rings. The summed E-state index contributed by atoms with van der Waals surface area (Å²) in [4.78, 5) is 9.53. The molecule has 8 aromatic carbocycles. The van der Waals surface area contributed by atoms with E-state index in [0.717, 1.165) is 59.9 Å². The van der Waals surface area contributed by atoms with Crippen LogP contribution >= 0.6 is 0 Å². The van der Waals surface area contributed by atoms with E-state index in [1.165, 1.54) is 44.6 Å². The lowest BCUT2D eigenvalue weighted by atomic mass is 9.94. The second kappa shape index (κ2) is 23.2. The molecule has 0 radical (unpaired) electrons. The van der Waals surface area contributed by atoms with Crippen LogP contribution in [0.5, 0.6) is 0 Å². The summed E-state index contributed by atoms with van der Waals surface area (Å²) in [5, 5.41) is 7.13. The number of aliphatic imine (C=N–C) groups is 2. The van der Waals surface area contributed by atoms with Crippen LogP contribution in [-0.4, -0.2) is 17.5 Å². The highest BCUT2D eigenvalue weighted by molar-refractivity contribution is 6.41. The number of hydrogen-bond donors (Lipinski definition) is 2. The van der Waals surface area contributed by atoms with Crippen LogP contribution in [-0.2, 0) is 25.7 Å². The second-order valence-corrected chi connectivity index (χ2v) is 16.7. The molecule has 0 saturated carbocycles. The van der Waals surface area contributed by atoms with Crippen LogP contribution in [0.2, 0.25) is 0 Å². The Hall–Kier alpha value is -7.30. The fraction of sp³-hybridized carbons (Fsp3) is 0.167. The monoisotopic (exact) mass is 836 g/mol. The molecule has 0 aromatic heterocycles. The van der Waals surface area contributed by atoms with Gasteiger partial charge in [0.05, 0.1) is 22.8 Å². The molecule has 0 saturated heterocycles. The van der Waals surface area contributed by atoms with Crippen LogP contribution in [0.25, 0.3) is 0 Å². The second-order valence-electron chi connectivity index (χ2n) is 16.7. The summed E-state index contributed by atoms with van der Waals surface area (Å²) >= 11 is 0. The number of nitrogens with zero attached hydrogens (tertiary/aromatic N) is 2. The SMILES string of the molecule is CC(=Nc1ccc(Cc2ccccc2)cc1)C(C)=Nc1ccc(Cc2ccccc2)cc1.CC(Cc1ccc(Nc2ccccc2)cc1)C(C)Nc1ccc(Cc2ccccc2)cc1. The smallest absolute Gasteiger partial charge is 0.0633 e. The number of nitrogens with one attached hydrogen (secondary N) is 2. The van der Waals surface area contributed by atoms with Gasteiger partial charge in [-0.2, -0.15) is 0 Å². The lowest BCUT2D eigenvalue weighted by Crippen LogP contribution is -2.25. The van der Waals surface area contributed by atoms with Crippen molar-refractivity contribution in [3.05, 3.63) is 257 Å². The number of para-hydroxylation sites is 1. The van der Waals surface area contributed by atoms with Crippen LogP contribution in [0.3, 0.4) is 0 Å². The van der Waals surface area contributed by atoms with E-state index in [9.17, 15) is 0 Å². The van der Waals surface area contributed by atoms with Crippen LogP contribution < -0.4 is 10.6 Å². The van der Waals surface area contributed by atoms with E-state index in [2.05, 4.69) is 213 Å². The van der Waals surface area contributed by atoms with Crippen molar-refractivity contribution in [2.45, 2.75) is 59.4 Å². The van der Waals surface area contributed by atoms with Crippen LogP contribution in [0.1, 0.15) is 66.6 Å². The summed E-state index contributed by atoms with van der Waals surface area (Å²) in [7, 11) is 0. The molecule has 2 N–H and O–H groups in total. The van der Waals surface area contributed by atoms with Crippen molar-refractivity contribution in [2.75, 3.05) is 10.6 Å². The van der Waals surface area contributed by atoms with Gasteiger partial charge in [-0.25, -0.2) is 0 Å². The van der Waals surface area contributed by atoms with E-state index < -0.39 is 0 Å². The van der Waals surface area contributed by atoms with Gasteiger partial charge in [0.15, 0.2) is 0 Å². The standard InChI is InChI=1S/C30H32N2.C30H28N2/c1-23(21-26-13-19-30(20-14-26)32-28-11-7-4-8-12-28)24(2)31-29-17-15-27(16-18-29)22-25-9-5-3-6-10-25;1-23(31-29-17-13-27(14-18-29)21-25-9-5-3-6-10-25)24(2)32-30-19-15-28(16-20-30)22-26-11-7-4-8-12-26/h3-20,23-24,31-32H,21-22H2,1-2H3;3-20H,21-22H2,1-2H3. The molecule has 320 valence electrons. The van der Waals surface area contributed by atoms with Gasteiger partial charge in [0.2, 0.25) is 0 Å². The molecule has 0 aliphatic carbocycles. The molecule has 2 unspecified atom stereocenters. The van der Waals surface area contributed by atoms with E-state index in [1.807, 2.05) is 44.2 Å². The fourth-order valence-electron chi connectivity index (χ4n) is 7.51. The summed E-state index contributed by atoms with van der Waals surface area (Å²) in [6, 6.07) is 76.9. The fourth-order valence-corrected chi connectivity index (χ4v) is 7.51. The minimum Gasteiger partial charge on any atom is -0.382 e. The topological polar surface area (TPSA) is 48.8 Å². The van der Waals surface area contributed by atoms with Gasteiger partial charge in [0.25, 0.3) is 0 Å². The quantitative estimate of drug-likeness (QED) is 0.0953. The Kier molecular flexibility index (Phi) is 16.2. The Morgan fingerprint density at radius 1 is 0.359 bits per heavy atom. The zero-order chi connectivity index (χ0) is 44.4. The first kappa shape index (κ1) is 44.7. The Labute approximate surface area is 381 Å². The molecule has 8 rings (SSSR count). The number of rotatable bonds is 16. The molecule has 64 heavy (non-hydrogen) atoms. The maximum Gasteiger partial charge on any atom is 0.0633 e. The Morgan fingerprint density at radius 2 is 0.672 bits per heavy atom. The largest absolute Gasteiger partial charge is 0.382 e. The Bertz CT molecular complexity index is 2450. The third-order valence-electron chi connectivity index (χ3n) is 11.5. The van der Waals surface area contributed by atoms with Crippen molar-refractivity contribution in [1.29, 1.82) is 0 Å². The van der Waals surface area contributed by atoms with Gasteiger partial charge in [0.1, 0.15) is 0 Å². The van der Waals surface area contributed by atoms with Gasteiger partial charge in [-0.3, -0.25) is 9.98 Å². The van der Waals surface area contributed by atoms with E-state index in [1.54, 1.807) is 0 Å². The predicted molar refractivity (Wildman–Crippen MR) is 275 cm³/mol. The highest BCUT2D eigenvalue weighted by Gasteiger charge is 2.13. The van der Waals surface area contributed by atoms with E-state index >= 15 is 0 Å². The van der Waals surface area contributed by atoms with E-state index in [-0.39, 0.29) is 0 Å². The molecule has 0 aliphatic heterocycles. The van der Waals surface area contributed by atoms with Crippen molar-refractivity contribution < 1.29 is 0 Å². The zero-order valence-electron chi connectivity index (χ0n) is 37.7. The average molecular weight is 837 g/mol. The third-order valence-corrected chi connectivity index (χ3v) is 11.5. The first-order chi connectivity index (χ1) is 31.3. The van der Waals surface area contributed by atoms with Crippen molar-refractivity contribution in [2.24, 2.45) is 15.9 Å². The molecule has 0 aliphatic rings. The van der Waals surface area contributed by atoms with Gasteiger partial charge in [-0.15, -0.1) is 0 Å². The summed E-state index contributed by atoms with van der Waals surface area (Å²) in [6.07, 6.45) is 3.89. The molecule has 0 bridgehead atoms. The van der Waals surface area contributed by atoms with Crippen LogP contribution in [0.15, 0.2) is 228 Å². The molecular formula is C60H60N4. The van der Waals surface area contributed by atoms with Gasteiger partial charge >= 0.3 is 0 Å². The molecule has 2 atom stereocenters. The van der Waals surface area contributed by atoms with Crippen molar-refractivity contribution in [3.63, 3.8) is 0 Å². The van der Waals surface area contributed by atoms with Crippen molar-refractivity contribution in [1.82, 2.24) is 0 Å². The molecule has 0 heterocycles. The van der Waals surface area contributed by atoms with Crippen molar-refractivity contribution >= 4 is 39.9 Å². The normalized spacial score (nSPS) is 12.4. The lowest BCUT2D eigenvalue weighted by molar-refractivity contribution is 0.507. The Morgan fingerprint density at radius 3 is 1.08 bits per heavy atom. The highest BCUT2D eigenvalue weighted by atomic mass is 14.9. The lowest BCUT2D eigenvalue weighted by Gasteiger charge is -2.23. The number of anilines is 3. The van der Waals surface area contributed by atoms with Crippen molar-refractivity contribution in [3.8, 4) is 0 Å². The molecule has 8 aromatic rings. The zero-order valence-corrected chi connectivity index (χ0v) is 37.7. The molecular weight excluding hydrogens is 777 g/mol. The first-order valence-electron chi connectivity index (χ1n) is 22.5. The van der Waals surface area contributed by atoms with Crippen LogP contribution in [0, 0.1) is 5.92 Å².